The van der Waals surface area contributed by atoms with Crippen molar-refractivity contribution >= 4 is 19.1 Å². The molecule has 2 N–H and O–H groups in total. The molecule has 1 aliphatic heterocycles. The molecule has 1 heterocycles. The van der Waals surface area contributed by atoms with Crippen molar-refractivity contribution in [1.82, 2.24) is 5.32 Å². The molecule has 144 valence electrons. The third-order valence-electron chi connectivity index (χ3n) is 4.89. The highest BCUT2D eigenvalue weighted by Crippen LogP contribution is 2.39. The minimum Gasteiger partial charge on any atom is -0.504 e. The molecule has 0 atom stereocenters. The SMILES string of the molecule is COc1cc(C#N)cc(C=C(CNC(C)=O)B2OC(C)(C)C(C)(C)O2)c1O. The van der Waals surface area contributed by atoms with Crippen molar-refractivity contribution < 1.29 is 23.9 Å². The van der Waals surface area contributed by atoms with Gasteiger partial charge in [0.25, 0.3) is 0 Å². The zero-order valence-corrected chi connectivity index (χ0v) is 16.5. The van der Waals surface area contributed by atoms with Crippen LogP contribution >= 0.6 is 0 Å². The van der Waals surface area contributed by atoms with E-state index in [4.69, 9.17) is 14.0 Å². The third kappa shape index (κ3) is 4.44. The molecule has 0 spiro atoms. The molecule has 1 amide bonds. The van der Waals surface area contributed by atoms with Crippen LogP contribution in [0.2, 0.25) is 0 Å². The van der Waals surface area contributed by atoms with E-state index in [0.717, 1.165) is 0 Å². The van der Waals surface area contributed by atoms with Crippen molar-refractivity contribution in [2.24, 2.45) is 0 Å². The summed E-state index contributed by atoms with van der Waals surface area (Å²) in [5.41, 5.74) is 0.212. The molecule has 0 unspecified atom stereocenters. The van der Waals surface area contributed by atoms with Gasteiger partial charge in [0.05, 0.1) is 29.9 Å². The van der Waals surface area contributed by atoms with Gasteiger partial charge in [-0.1, -0.05) is 6.08 Å². The van der Waals surface area contributed by atoms with Gasteiger partial charge in [-0.05, 0) is 39.2 Å². The maximum absolute atomic E-state index is 11.4. The molecule has 1 aromatic carbocycles. The summed E-state index contributed by atoms with van der Waals surface area (Å²) in [6, 6.07) is 5.03. The lowest BCUT2D eigenvalue weighted by Gasteiger charge is -2.32. The second-order valence-corrected chi connectivity index (χ2v) is 7.45. The first-order valence-corrected chi connectivity index (χ1v) is 8.62. The number of nitrogens with zero attached hydrogens (tertiary/aromatic N) is 1. The Kier molecular flexibility index (Phi) is 5.88. The summed E-state index contributed by atoms with van der Waals surface area (Å²) in [5, 5.41) is 22.4. The largest absolute Gasteiger partial charge is 0.504 e. The van der Waals surface area contributed by atoms with Crippen LogP contribution in [0.4, 0.5) is 0 Å². The second-order valence-electron chi connectivity index (χ2n) is 7.45. The van der Waals surface area contributed by atoms with E-state index in [1.807, 2.05) is 33.8 Å². The van der Waals surface area contributed by atoms with E-state index in [1.165, 1.54) is 26.2 Å². The van der Waals surface area contributed by atoms with Crippen LogP contribution in [0.25, 0.3) is 6.08 Å². The molecule has 8 heteroatoms. The number of nitrogens with one attached hydrogen (secondary N) is 1. The number of nitriles is 1. The fraction of sp³-hybridized carbons (Fsp3) is 0.474. The van der Waals surface area contributed by atoms with E-state index in [1.54, 1.807) is 6.08 Å². The number of aromatic hydroxyl groups is 1. The first-order valence-electron chi connectivity index (χ1n) is 8.62. The van der Waals surface area contributed by atoms with Crippen LogP contribution < -0.4 is 10.1 Å². The first kappa shape index (κ1) is 20.8. The molecule has 0 bridgehead atoms. The maximum Gasteiger partial charge on any atom is 0.492 e. The number of hydrogen-bond donors (Lipinski definition) is 2. The van der Waals surface area contributed by atoms with Crippen molar-refractivity contribution in [3.05, 3.63) is 28.7 Å². The van der Waals surface area contributed by atoms with E-state index in [2.05, 4.69) is 5.32 Å². The number of carbonyl (C=O) groups excluding carboxylic acids is 1. The van der Waals surface area contributed by atoms with Gasteiger partial charge in [-0.15, -0.1) is 0 Å². The Morgan fingerprint density at radius 2 is 1.93 bits per heavy atom. The van der Waals surface area contributed by atoms with Crippen LogP contribution in [0.15, 0.2) is 17.6 Å². The Labute approximate surface area is 160 Å². The zero-order valence-electron chi connectivity index (χ0n) is 16.5. The predicted molar refractivity (Wildman–Crippen MR) is 102 cm³/mol. The molecule has 1 saturated heterocycles. The molecular weight excluding hydrogens is 347 g/mol. The third-order valence-corrected chi connectivity index (χ3v) is 4.89. The van der Waals surface area contributed by atoms with Crippen LogP contribution in [0.1, 0.15) is 45.7 Å². The quantitative estimate of drug-likeness (QED) is 0.770. The summed E-state index contributed by atoms with van der Waals surface area (Å²) in [6.45, 7) is 9.31. The molecule has 1 aliphatic rings. The average molecular weight is 372 g/mol. The van der Waals surface area contributed by atoms with E-state index < -0.39 is 18.3 Å². The molecule has 1 aromatic rings. The Hall–Kier alpha value is -2.50. The number of phenolic OH excluding ortho intramolecular Hbond substituents is 1. The lowest BCUT2D eigenvalue weighted by molar-refractivity contribution is -0.118. The number of methoxy groups -OCH3 is 1. The summed E-state index contributed by atoms with van der Waals surface area (Å²) < 4.78 is 17.3. The standard InChI is InChI=1S/C19H25BN2O5/c1-12(23)22-11-15(20-26-18(2,3)19(4,5)27-20)9-14-7-13(10-21)8-16(25-6)17(14)24/h7-9,24H,11H2,1-6H3,(H,22,23). The van der Waals surface area contributed by atoms with Crippen LogP contribution in [0, 0.1) is 11.3 Å². The van der Waals surface area contributed by atoms with Crippen molar-refractivity contribution in [3.63, 3.8) is 0 Å². The molecule has 27 heavy (non-hydrogen) atoms. The van der Waals surface area contributed by atoms with Crippen molar-refractivity contribution in [2.75, 3.05) is 13.7 Å². The van der Waals surface area contributed by atoms with E-state index in [-0.39, 0.29) is 24.0 Å². The van der Waals surface area contributed by atoms with Gasteiger partial charge in [-0.2, -0.15) is 5.26 Å². The summed E-state index contributed by atoms with van der Waals surface area (Å²) in [5.74, 6) is -0.119. The number of ether oxygens (including phenoxy) is 1. The van der Waals surface area contributed by atoms with E-state index >= 15 is 0 Å². The summed E-state index contributed by atoms with van der Waals surface area (Å²) in [4.78, 5) is 11.4. The number of phenols is 1. The highest BCUT2D eigenvalue weighted by atomic mass is 16.7. The van der Waals surface area contributed by atoms with Crippen LogP contribution in [-0.4, -0.2) is 43.0 Å². The average Bonchev–Trinajstić information content (AvgIpc) is 2.80. The molecule has 1 fully saturated rings. The fourth-order valence-corrected chi connectivity index (χ4v) is 2.58. The Morgan fingerprint density at radius 1 is 1.33 bits per heavy atom. The molecule has 0 aromatic heterocycles. The van der Waals surface area contributed by atoms with Crippen LogP contribution in [0.3, 0.4) is 0 Å². The van der Waals surface area contributed by atoms with Gasteiger partial charge in [0, 0.05) is 25.1 Å². The normalized spacial score (nSPS) is 18.1. The Bertz CT molecular complexity index is 795. The first-order chi connectivity index (χ1) is 12.5. The van der Waals surface area contributed by atoms with E-state index in [0.29, 0.717) is 16.6 Å². The number of hydrogen-bond acceptors (Lipinski definition) is 6. The molecular formula is C19H25BN2O5. The monoisotopic (exact) mass is 372 g/mol. The van der Waals surface area contributed by atoms with Gasteiger partial charge in [-0.3, -0.25) is 4.79 Å². The number of amides is 1. The summed E-state index contributed by atoms with van der Waals surface area (Å²) >= 11 is 0. The molecule has 0 saturated carbocycles. The zero-order chi connectivity index (χ0) is 20.4. The van der Waals surface area contributed by atoms with Gasteiger partial charge in [-0.25, -0.2) is 0 Å². The van der Waals surface area contributed by atoms with Gasteiger partial charge in [0.1, 0.15) is 0 Å². The van der Waals surface area contributed by atoms with Gasteiger partial charge < -0.3 is 24.5 Å². The molecule has 7 nitrogen and oxygen atoms in total. The minimum absolute atomic E-state index is 0.103. The summed E-state index contributed by atoms with van der Waals surface area (Å²) in [6.07, 6.45) is 1.65. The lowest BCUT2D eigenvalue weighted by Crippen LogP contribution is -2.41. The number of carbonyl (C=O) groups is 1. The molecule has 0 radical (unpaired) electrons. The van der Waals surface area contributed by atoms with Crippen molar-refractivity contribution in [1.29, 1.82) is 5.26 Å². The number of benzene rings is 1. The number of rotatable bonds is 5. The summed E-state index contributed by atoms with van der Waals surface area (Å²) in [7, 11) is 0.703. The maximum atomic E-state index is 11.4. The smallest absolute Gasteiger partial charge is 0.492 e. The predicted octanol–water partition coefficient (Wildman–Crippen LogP) is 2.42. The van der Waals surface area contributed by atoms with Crippen LogP contribution in [0.5, 0.6) is 11.5 Å². The fourth-order valence-electron chi connectivity index (χ4n) is 2.58. The van der Waals surface area contributed by atoms with Gasteiger partial charge >= 0.3 is 7.12 Å². The van der Waals surface area contributed by atoms with Gasteiger partial charge in [0.15, 0.2) is 11.5 Å². The van der Waals surface area contributed by atoms with Crippen molar-refractivity contribution in [2.45, 2.75) is 45.8 Å². The second kappa shape index (κ2) is 7.63. The highest BCUT2D eigenvalue weighted by Gasteiger charge is 2.52. The Balaban J connectivity index is 2.49. The van der Waals surface area contributed by atoms with Crippen molar-refractivity contribution in [3.8, 4) is 17.6 Å². The highest BCUT2D eigenvalue weighted by molar-refractivity contribution is 6.56. The molecule has 2 rings (SSSR count). The van der Waals surface area contributed by atoms with E-state index in [9.17, 15) is 15.2 Å². The minimum atomic E-state index is -0.710. The molecule has 0 aliphatic carbocycles. The van der Waals surface area contributed by atoms with Gasteiger partial charge in [0.2, 0.25) is 5.91 Å². The van der Waals surface area contributed by atoms with Crippen LogP contribution in [-0.2, 0) is 14.1 Å². The Morgan fingerprint density at radius 3 is 2.41 bits per heavy atom. The lowest BCUT2D eigenvalue weighted by atomic mass is 9.76. The topological polar surface area (TPSA) is 101 Å².